The van der Waals surface area contributed by atoms with Gasteiger partial charge in [-0.25, -0.2) is 26.9 Å². The van der Waals surface area contributed by atoms with Gasteiger partial charge in [-0.2, -0.15) is 0 Å². The van der Waals surface area contributed by atoms with E-state index in [0.29, 0.717) is 9.43 Å². The number of sulfonamides is 1. The van der Waals surface area contributed by atoms with E-state index in [4.69, 9.17) is 0 Å². The molecule has 9 heteroatoms. The second-order valence-electron chi connectivity index (χ2n) is 5.35. The van der Waals surface area contributed by atoms with Crippen molar-refractivity contribution in [2.24, 2.45) is 0 Å². The molecule has 1 aromatic carbocycles. The van der Waals surface area contributed by atoms with Crippen LogP contribution < -0.4 is 4.72 Å². The first-order valence-electron chi connectivity index (χ1n) is 6.71. The SMILES string of the molecule is O=S(=O)(NC1CCC(F)(F)CC1)c1ccc2nc(Br)sc2c1. The number of nitrogens with zero attached hydrogens (tertiary/aromatic N) is 1. The number of alkyl halides is 2. The number of hydrogen-bond donors (Lipinski definition) is 1. The summed E-state index contributed by atoms with van der Waals surface area (Å²) >= 11 is 4.60. The van der Waals surface area contributed by atoms with E-state index in [0.717, 1.165) is 4.70 Å². The number of benzene rings is 1. The lowest BCUT2D eigenvalue weighted by Gasteiger charge is -2.28. The summed E-state index contributed by atoms with van der Waals surface area (Å²) in [6.45, 7) is 0. The maximum atomic E-state index is 13.1. The van der Waals surface area contributed by atoms with Gasteiger partial charge in [-0.15, -0.1) is 11.3 Å². The Morgan fingerprint density at radius 2 is 2.00 bits per heavy atom. The highest BCUT2D eigenvalue weighted by molar-refractivity contribution is 9.11. The zero-order valence-corrected chi connectivity index (χ0v) is 14.6. The number of halogens is 3. The van der Waals surface area contributed by atoms with Gasteiger partial charge in [0.2, 0.25) is 15.9 Å². The number of fused-ring (bicyclic) bond motifs is 1. The molecule has 1 heterocycles. The normalized spacial score (nSPS) is 19.6. The van der Waals surface area contributed by atoms with Crippen molar-refractivity contribution in [3.8, 4) is 0 Å². The number of rotatable bonds is 3. The van der Waals surface area contributed by atoms with E-state index in [2.05, 4.69) is 25.6 Å². The third-order valence-corrected chi connectivity index (χ3v) is 6.67. The van der Waals surface area contributed by atoms with Crippen LogP contribution in [0, 0.1) is 0 Å². The molecule has 0 radical (unpaired) electrons. The molecule has 0 saturated heterocycles. The summed E-state index contributed by atoms with van der Waals surface area (Å²) in [5.41, 5.74) is 0.716. The molecule has 0 spiro atoms. The van der Waals surface area contributed by atoms with Crippen molar-refractivity contribution in [1.82, 2.24) is 9.71 Å². The van der Waals surface area contributed by atoms with E-state index >= 15 is 0 Å². The molecule has 1 aliphatic rings. The van der Waals surface area contributed by atoms with Gasteiger partial charge in [0.05, 0.1) is 15.1 Å². The van der Waals surface area contributed by atoms with Crippen molar-refractivity contribution in [2.75, 3.05) is 0 Å². The van der Waals surface area contributed by atoms with Gasteiger partial charge in [0.25, 0.3) is 0 Å². The Hall–Kier alpha value is -0.640. The van der Waals surface area contributed by atoms with Gasteiger partial charge in [-0.1, -0.05) is 0 Å². The molecule has 22 heavy (non-hydrogen) atoms. The Kier molecular flexibility index (Phi) is 4.26. The maximum Gasteiger partial charge on any atom is 0.248 e. The average Bonchev–Trinajstić information content (AvgIpc) is 2.80. The molecule has 0 unspecified atom stereocenters. The van der Waals surface area contributed by atoms with Gasteiger partial charge >= 0.3 is 0 Å². The fourth-order valence-corrected chi connectivity index (χ4v) is 5.34. The molecule has 1 fully saturated rings. The molecule has 0 amide bonds. The highest BCUT2D eigenvalue weighted by Crippen LogP contribution is 2.34. The zero-order valence-electron chi connectivity index (χ0n) is 11.4. The molecule has 120 valence electrons. The molecule has 1 N–H and O–H groups in total. The summed E-state index contributed by atoms with van der Waals surface area (Å²) in [6.07, 6.45) is -0.247. The average molecular weight is 411 g/mol. The van der Waals surface area contributed by atoms with Crippen LogP contribution >= 0.6 is 27.3 Å². The maximum absolute atomic E-state index is 13.1. The van der Waals surface area contributed by atoms with Crippen LogP contribution in [0.25, 0.3) is 10.2 Å². The fourth-order valence-electron chi connectivity index (χ4n) is 2.49. The first-order chi connectivity index (χ1) is 10.3. The van der Waals surface area contributed by atoms with E-state index in [-0.39, 0.29) is 30.6 Å². The first kappa shape index (κ1) is 16.2. The van der Waals surface area contributed by atoms with Gasteiger partial charge < -0.3 is 0 Å². The second-order valence-corrected chi connectivity index (χ2v) is 9.37. The number of hydrogen-bond acceptors (Lipinski definition) is 4. The van der Waals surface area contributed by atoms with Crippen LogP contribution in [0.1, 0.15) is 25.7 Å². The molecular formula is C13H13BrF2N2O2S2. The van der Waals surface area contributed by atoms with E-state index in [1.165, 1.54) is 17.4 Å². The molecule has 1 aliphatic carbocycles. The largest absolute Gasteiger partial charge is 0.248 e. The molecule has 2 aromatic rings. The standard InChI is InChI=1S/C13H13BrF2N2O2S2/c14-12-17-10-2-1-9(7-11(10)21-12)22(19,20)18-8-3-5-13(15,16)6-4-8/h1-2,7-8,18H,3-6H2. The van der Waals surface area contributed by atoms with Crippen molar-refractivity contribution in [2.45, 2.75) is 42.5 Å². The van der Waals surface area contributed by atoms with Gasteiger partial charge in [0, 0.05) is 18.9 Å². The third kappa shape index (κ3) is 3.47. The predicted molar refractivity (Wildman–Crippen MR) is 84.8 cm³/mol. The van der Waals surface area contributed by atoms with Gasteiger partial charge in [0.15, 0.2) is 3.92 Å². The van der Waals surface area contributed by atoms with E-state index < -0.39 is 22.0 Å². The predicted octanol–water partition coefficient (Wildman–Crippen LogP) is 3.92. The Balaban J connectivity index is 1.79. The lowest BCUT2D eigenvalue weighted by atomic mass is 9.93. The molecule has 0 aliphatic heterocycles. The van der Waals surface area contributed by atoms with Crippen LogP contribution in [0.5, 0.6) is 0 Å². The highest BCUT2D eigenvalue weighted by Gasteiger charge is 2.36. The fraction of sp³-hybridized carbons (Fsp3) is 0.462. The molecule has 1 aromatic heterocycles. The first-order valence-corrected chi connectivity index (χ1v) is 9.81. The van der Waals surface area contributed by atoms with E-state index in [1.54, 1.807) is 12.1 Å². The minimum absolute atomic E-state index is 0.133. The van der Waals surface area contributed by atoms with Gasteiger partial charge in [-0.05, 0) is 47.0 Å². The summed E-state index contributed by atoms with van der Waals surface area (Å²) in [4.78, 5) is 4.34. The molecular weight excluding hydrogens is 398 g/mol. The van der Waals surface area contributed by atoms with Crippen molar-refractivity contribution < 1.29 is 17.2 Å². The summed E-state index contributed by atoms with van der Waals surface area (Å²) < 4.78 is 55.0. The summed E-state index contributed by atoms with van der Waals surface area (Å²) in [6, 6.07) is 4.24. The van der Waals surface area contributed by atoms with Crippen molar-refractivity contribution >= 4 is 47.5 Å². The van der Waals surface area contributed by atoms with E-state index in [9.17, 15) is 17.2 Å². The quantitative estimate of drug-likeness (QED) is 0.833. The summed E-state index contributed by atoms with van der Waals surface area (Å²) in [5, 5.41) is 0. The lowest BCUT2D eigenvalue weighted by molar-refractivity contribution is -0.0387. The molecule has 0 atom stereocenters. The van der Waals surface area contributed by atoms with Crippen molar-refractivity contribution in [3.63, 3.8) is 0 Å². The van der Waals surface area contributed by atoms with Crippen LogP contribution in [0.15, 0.2) is 27.0 Å². The van der Waals surface area contributed by atoms with Crippen LogP contribution in [-0.4, -0.2) is 25.4 Å². The van der Waals surface area contributed by atoms with Crippen LogP contribution in [0.2, 0.25) is 0 Å². The van der Waals surface area contributed by atoms with Gasteiger partial charge in [0.1, 0.15) is 0 Å². The second kappa shape index (κ2) is 5.77. The smallest absolute Gasteiger partial charge is 0.229 e. The summed E-state index contributed by atoms with van der Waals surface area (Å²) in [5.74, 6) is -2.67. The van der Waals surface area contributed by atoms with Gasteiger partial charge in [-0.3, -0.25) is 0 Å². The molecule has 1 saturated carbocycles. The minimum Gasteiger partial charge on any atom is -0.229 e. The van der Waals surface area contributed by atoms with Crippen molar-refractivity contribution in [3.05, 3.63) is 22.1 Å². The Labute approximate surface area is 139 Å². The Bertz CT molecular complexity index is 797. The summed E-state index contributed by atoms with van der Waals surface area (Å²) in [7, 11) is -3.71. The van der Waals surface area contributed by atoms with Crippen LogP contribution in [0.4, 0.5) is 8.78 Å². The Morgan fingerprint density at radius 3 is 2.68 bits per heavy atom. The third-order valence-electron chi connectivity index (χ3n) is 3.68. The lowest BCUT2D eigenvalue weighted by Crippen LogP contribution is -2.40. The molecule has 0 bridgehead atoms. The number of nitrogens with one attached hydrogen (secondary N) is 1. The number of thiazole rings is 1. The van der Waals surface area contributed by atoms with Crippen molar-refractivity contribution in [1.29, 1.82) is 0 Å². The van der Waals surface area contributed by atoms with Crippen LogP contribution in [0.3, 0.4) is 0 Å². The molecule has 3 rings (SSSR count). The zero-order chi connectivity index (χ0) is 16.0. The topological polar surface area (TPSA) is 59.1 Å². The Morgan fingerprint density at radius 1 is 1.32 bits per heavy atom. The number of aromatic nitrogens is 1. The van der Waals surface area contributed by atoms with E-state index in [1.807, 2.05) is 0 Å². The molecule has 4 nitrogen and oxygen atoms in total. The minimum atomic E-state index is -3.71. The monoisotopic (exact) mass is 410 g/mol. The highest BCUT2D eigenvalue weighted by atomic mass is 79.9. The van der Waals surface area contributed by atoms with Crippen LogP contribution in [-0.2, 0) is 10.0 Å².